The Balaban J connectivity index is 1.54. The molecule has 6 nitrogen and oxygen atoms in total. The van der Waals surface area contributed by atoms with Crippen molar-refractivity contribution in [2.75, 3.05) is 5.32 Å². The number of aromatic nitrogens is 2. The first-order valence-electron chi connectivity index (χ1n) is 11.5. The van der Waals surface area contributed by atoms with Crippen LogP contribution in [0.4, 0.5) is 18.9 Å². The average molecular weight is 485 g/mol. The number of hydrogen-bond donors (Lipinski definition) is 2. The summed E-state index contributed by atoms with van der Waals surface area (Å²) in [5.74, 6) is -0.552. The highest BCUT2D eigenvalue weighted by Crippen LogP contribution is 2.43. The Labute approximate surface area is 201 Å². The molecule has 1 fully saturated rings. The molecule has 0 radical (unpaired) electrons. The maximum Gasteiger partial charge on any atom is 0.416 e. The molecule has 184 valence electrons. The van der Waals surface area contributed by atoms with Crippen LogP contribution in [0, 0.1) is 0 Å². The highest BCUT2D eigenvalue weighted by atomic mass is 19.4. The summed E-state index contributed by atoms with van der Waals surface area (Å²) in [7, 11) is 0. The second-order valence-electron chi connectivity index (χ2n) is 9.40. The zero-order valence-electron chi connectivity index (χ0n) is 19.7. The van der Waals surface area contributed by atoms with E-state index in [-0.39, 0.29) is 23.1 Å². The molecule has 3 aromatic rings. The zero-order chi connectivity index (χ0) is 25.4. The Morgan fingerprint density at radius 2 is 1.74 bits per heavy atom. The summed E-state index contributed by atoms with van der Waals surface area (Å²) in [5, 5.41) is 10.0. The fourth-order valence-corrected chi connectivity index (χ4v) is 3.67. The maximum absolute atomic E-state index is 13.2. The lowest BCUT2D eigenvalue weighted by molar-refractivity contribution is -0.137. The summed E-state index contributed by atoms with van der Waals surface area (Å²) in [6, 6.07) is 11.4. The van der Waals surface area contributed by atoms with Crippen molar-refractivity contribution in [1.29, 1.82) is 0 Å². The van der Waals surface area contributed by atoms with Gasteiger partial charge >= 0.3 is 6.18 Å². The van der Waals surface area contributed by atoms with Crippen LogP contribution in [0.25, 0.3) is 5.69 Å². The third kappa shape index (κ3) is 5.55. The van der Waals surface area contributed by atoms with E-state index in [1.54, 1.807) is 30.3 Å². The number of carbonyl (C=O) groups is 2. The van der Waals surface area contributed by atoms with Gasteiger partial charge in [0, 0.05) is 22.7 Å². The van der Waals surface area contributed by atoms with Crippen LogP contribution in [0.1, 0.15) is 77.9 Å². The lowest BCUT2D eigenvalue weighted by Gasteiger charge is -2.24. The fraction of sp³-hybridized carbons (Fsp3) is 0.346. The highest BCUT2D eigenvalue weighted by molar-refractivity contribution is 6.05. The van der Waals surface area contributed by atoms with Gasteiger partial charge in [-0.15, -0.1) is 0 Å². The summed E-state index contributed by atoms with van der Waals surface area (Å²) in [6.45, 7) is 5.87. The molecule has 1 aliphatic rings. The summed E-state index contributed by atoms with van der Waals surface area (Å²) >= 11 is 0. The van der Waals surface area contributed by atoms with Crippen molar-refractivity contribution in [3.8, 4) is 5.69 Å². The number of nitrogens with zero attached hydrogens (tertiary/aromatic N) is 2. The largest absolute Gasteiger partial charge is 0.416 e. The van der Waals surface area contributed by atoms with Gasteiger partial charge in [0.1, 0.15) is 0 Å². The number of carbonyl (C=O) groups excluding carboxylic acids is 2. The first-order chi connectivity index (χ1) is 16.5. The molecular weight excluding hydrogens is 457 g/mol. The minimum absolute atomic E-state index is 0.0563. The minimum atomic E-state index is -4.47. The van der Waals surface area contributed by atoms with Gasteiger partial charge in [-0.05, 0) is 75.6 Å². The molecule has 1 aromatic heterocycles. The van der Waals surface area contributed by atoms with Gasteiger partial charge in [0.25, 0.3) is 11.8 Å². The van der Waals surface area contributed by atoms with E-state index in [0.717, 1.165) is 31.4 Å². The summed E-state index contributed by atoms with van der Waals surface area (Å²) in [5.41, 5.74) is 1.03. The van der Waals surface area contributed by atoms with E-state index in [1.807, 2.05) is 20.8 Å². The van der Waals surface area contributed by atoms with Crippen LogP contribution in [-0.4, -0.2) is 27.1 Å². The van der Waals surface area contributed by atoms with Gasteiger partial charge in [-0.2, -0.15) is 18.3 Å². The number of amides is 2. The number of rotatable bonds is 7. The number of halogens is 3. The monoisotopic (exact) mass is 484 g/mol. The van der Waals surface area contributed by atoms with Crippen molar-refractivity contribution >= 4 is 17.5 Å². The van der Waals surface area contributed by atoms with Gasteiger partial charge in [-0.3, -0.25) is 9.59 Å². The second-order valence-corrected chi connectivity index (χ2v) is 9.40. The van der Waals surface area contributed by atoms with Gasteiger partial charge in [0.15, 0.2) is 0 Å². The smallest absolute Gasteiger partial charge is 0.347 e. The van der Waals surface area contributed by atoms with Gasteiger partial charge in [-0.1, -0.05) is 13.0 Å². The summed E-state index contributed by atoms with van der Waals surface area (Å²) < 4.78 is 41.0. The first kappa shape index (κ1) is 24.5. The van der Waals surface area contributed by atoms with E-state index in [1.165, 1.54) is 16.9 Å². The van der Waals surface area contributed by atoms with Crippen LogP contribution in [0.2, 0.25) is 0 Å². The normalized spacial score (nSPS) is 14.0. The molecule has 1 aliphatic carbocycles. The third-order valence-corrected chi connectivity index (χ3v) is 6.17. The lowest BCUT2D eigenvalue weighted by Crippen LogP contribution is -2.42. The third-order valence-electron chi connectivity index (χ3n) is 6.17. The molecule has 0 bridgehead atoms. The average Bonchev–Trinajstić information content (AvgIpc) is 3.56. The number of nitrogens with one attached hydrogen (secondary N) is 2. The molecule has 0 unspecified atom stereocenters. The van der Waals surface area contributed by atoms with Crippen molar-refractivity contribution in [1.82, 2.24) is 15.1 Å². The topological polar surface area (TPSA) is 76.0 Å². The first-order valence-corrected chi connectivity index (χ1v) is 11.5. The van der Waals surface area contributed by atoms with Gasteiger partial charge in [-0.25, -0.2) is 4.68 Å². The van der Waals surface area contributed by atoms with Crippen molar-refractivity contribution in [3.63, 3.8) is 0 Å². The number of benzene rings is 2. The number of hydrogen-bond acceptors (Lipinski definition) is 3. The predicted octanol–water partition coefficient (Wildman–Crippen LogP) is 5.94. The molecular formula is C26H27F3N4O2. The van der Waals surface area contributed by atoms with Gasteiger partial charge in [0.2, 0.25) is 0 Å². The second kappa shape index (κ2) is 9.20. The van der Waals surface area contributed by atoms with Crippen LogP contribution >= 0.6 is 0 Å². The fourth-order valence-electron chi connectivity index (χ4n) is 3.67. The molecule has 2 N–H and O–H groups in total. The standard InChI is InChI=1S/C26H27F3N4O2/c1-4-25(2,3)32-23(34)17-10-12-19(13-11-17)31-24(35)21-15-30-33(22(21)16-8-9-16)20-7-5-6-18(14-20)26(27,28)29/h5-7,10-16H,4,8-9H2,1-3H3,(H,31,35)(H,32,34). The van der Waals surface area contributed by atoms with E-state index < -0.39 is 17.6 Å². The van der Waals surface area contributed by atoms with Crippen molar-refractivity contribution in [2.45, 2.75) is 57.7 Å². The molecule has 4 rings (SSSR count). The van der Waals surface area contributed by atoms with Crippen LogP contribution in [0.15, 0.2) is 54.7 Å². The number of alkyl halides is 3. The van der Waals surface area contributed by atoms with E-state index in [0.29, 0.717) is 22.5 Å². The lowest BCUT2D eigenvalue weighted by atomic mass is 10.0. The van der Waals surface area contributed by atoms with E-state index in [2.05, 4.69) is 15.7 Å². The van der Waals surface area contributed by atoms with Crippen LogP contribution in [0.3, 0.4) is 0 Å². The maximum atomic E-state index is 13.2. The minimum Gasteiger partial charge on any atom is -0.347 e. The Morgan fingerprint density at radius 3 is 2.34 bits per heavy atom. The van der Waals surface area contributed by atoms with Crippen LogP contribution < -0.4 is 10.6 Å². The van der Waals surface area contributed by atoms with Gasteiger partial charge in [0.05, 0.1) is 28.7 Å². The molecule has 0 aliphatic heterocycles. The van der Waals surface area contributed by atoms with Gasteiger partial charge < -0.3 is 10.6 Å². The predicted molar refractivity (Wildman–Crippen MR) is 127 cm³/mol. The van der Waals surface area contributed by atoms with E-state index >= 15 is 0 Å². The van der Waals surface area contributed by atoms with Crippen molar-refractivity contribution in [2.24, 2.45) is 0 Å². The quantitative estimate of drug-likeness (QED) is 0.436. The molecule has 2 aromatic carbocycles. The van der Waals surface area contributed by atoms with Crippen LogP contribution in [0.5, 0.6) is 0 Å². The highest BCUT2D eigenvalue weighted by Gasteiger charge is 2.34. The molecule has 2 amide bonds. The molecule has 1 heterocycles. The van der Waals surface area contributed by atoms with Crippen LogP contribution in [-0.2, 0) is 6.18 Å². The summed E-state index contributed by atoms with van der Waals surface area (Å²) in [6.07, 6.45) is -0.632. The van der Waals surface area contributed by atoms with Crippen molar-refractivity contribution < 1.29 is 22.8 Å². The zero-order valence-corrected chi connectivity index (χ0v) is 19.7. The Kier molecular flexibility index (Phi) is 6.44. The molecule has 0 atom stereocenters. The molecule has 0 saturated heterocycles. The Hall–Kier alpha value is -3.62. The van der Waals surface area contributed by atoms with E-state index in [4.69, 9.17) is 0 Å². The molecule has 9 heteroatoms. The number of anilines is 1. The Bertz CT molecular complexity index is 1240. The van der Waals surface area contributed by atoms with E-state index in [9.17, 15) is 22.8 Å². The van der Waals surface area contributed by atoms with Crippen molar-refractivity contribution in [3.05, 3.63) is 77.1 Å². The molecule has 1 saturated carbocycles. The Morgan fingerprint density at radius 1 is 1.06 bits per heavy atom. The molecule has 0 spiro atoms. The summed E-state index contributed by atoms with van der Waals surface area (Å²) in [4.78, 5) is 25.5. The SMILES string of the molecule is CCC(C)(C)NC(=O)c1ccc(NC(=O)c2cnn(-c3cccc(C(F)(F)F)c3)c2C2CC2)cc1. The molecule has 35 heavy (non-hydrogen) atoms.